The molecular formula is C3H4BrNO2. The highest BCUT2D eigenvalue weighted by atomic mass is 79.9. The average Bonchev–Trinajstić information content (AvgIpc) is 1.65. The summed E-state index contributed by atoms with van der Waals surface area (Å²) in [5.74, 6) is -0.657. The summed E-state index contributed by atoms with van der Waals surface area (Å²) in [6.07, 6.45) is 0.433. The number of amides is 1. The summed E-state index contributed by atoms with van der Waals surface area (Å²) < 4.78 is 0. The number of halogens is 1. The fourth-order valence-corrected chi connectivity index (χ4v) is 0.0671. The molecule has 40 valence electrons. The third-order valence-corrected chi connectivity index (χ3v) is 1.06. The molecule has 0 rings (SSSR count). The second-order valence-corrected chi connectivity index (χ2v) is 1.93. The van der Waals surface area contributed by atoms with Gasteiger partial charge in [-0.05, 0) is 0 Å². The van der Waals surface area contributed by atoms with Crippen LogP contribution < -0.4 is 5.73 Å². The van der Waals surface area contributed by atoms with Gasteiger partial charge in [0, 0.05) is 0 Å². The normalized spacial score (nSPS) is 12.7. The molecule has 1 amide bonds. The van der Waals surface area contributed by atoms with Crippen LogP contribution in [0.25, 0.3) is 0 Å². The molecule has 0 heterocycles. The minimum Gasteiger partial charge on any atom is -0.368 e. The fraction of sp³-hybridized carbons (Fsp3) is 0.333. The molecule has 7 heavy (non-hydrogen) atoms. The van der Waals surface area contributed by atoms with E-state index in [1.165, 1.54) is 0 Å². The monoisotopic (exact) mass is 165 g/mol. The maximum absolute atomic E-state index is 9.87. The number of alkyl halides is 1. The van der Waals surface area contributed by atoms with E-state index in [0.29, 0.717) is 6.29 Å². The van der Waals surface area contributed by atoms with Crippen molar-refractivity contribution < 1.29 is 9.59 Å². The largest absolute Gasteiger partial charge is 0.368 e. The van der Waals surface area contributed by atoms with E-state index in [4.69, 9.17) is 0 Å². The number of rotatable bonds is 2. The lowest BCUT2D eigenvalue weighted by molar-refractivity contribution is -0.120. The maximum Gasteiger partial charge on any atom is 0.238 e. The lowest BCUT2D eigenvalue weighted by Crippen LogP contribution is -2.23. The first-order chi connectivity index (χ1) is 3.18. The Bertz CT molecular complexity index is 92.9. The molecule has 0 aromatic carbocycles. The van der Waals surface area contributed by atoms with E-state index >= 15 is 0 Å². The van der Waals surface area contributed by atoms with Crippen molar-refractivity contribution in [1.82, 2.24) is 0 Å². The Morgan fingerprint density at radius 3 is 2.29 bits per heavy atom. The Kier molecular flexibility index (Phi) is 2.59. The molecule has 0 radical (unpaired) electrons. The quantitative estimate of drug-likeness (QED) is 0.339. The van der Waals surface area contributed by atoms with E-state index in [-0.39, 0.29) is 0 Å². The number of primary amides is 1. The summed E-state index contributed by atoms with van der Waals surface area (Å²) in [6, 6.07) is 0. The van der Waals surface area contributed by atoms with Gasteiger partial charge in [0.2, 0.25) is 5.91 Å². The van der Waals surface area contributed by atoms with Crippen LogP contribution in [0.4, 0.5) is 0 Å². The zero-order valence-corrected chi connectivity index (χ0v) is 5.01. The van der Waals surface area contributed by atoms with Gasteiger partial charge < -0.3 is 10.5 Å². The standard InChI is InChI=1S/C3H4BrNO2/c4-2(1-6)3(5)7/h1-2H,(H2,5,7). The summed E-state index contributed by atoms with van der Waals surface area (Å²) in [5, 5.41) is 0. The van der Waals surface area contributed by atoms with Gasteiger partial charge in [0.25, 0.3) is 0 Å². The molecule has 0 aliphatic carbocycles. The molecule has 0 aromatic heterocycles. The lowest BCUT2D eigenvalue weighted by Gasteiger charge is -1.87. The van der Waals surface area contributed by atoms with Gasteiger partial charge in [0.1, 0.15) is 11.1 Å². The van der Waals surface area contributed by atoms with Gasteiger partial charge in [-0.15, -0.1) is 0 Å². The predicted molar refractivity (Wildman–Crippen MR) is 28.0 cm³/mol. The molecule has 3 nitrogen and oxygen atoms in total. The molecule has 0 aromatic rings. The summed E-state index contributed by atoms with van der Waals surface area (Å²) >= 11 is 2.70. The fourth-order valence-electron chi connectivity index (χ4n) is 0.0671. The Morgan fingerprint density at radius 1 is 1.86 bits per heavy atom. The van der Waals surface area contributed by atoms with E-state index in [2.05, 4.69) is 21.7 Å². The third kappa shape index (κ3) is 2.33. The van der Waals surface area contributed by atoms with E-state index in [9.17, 15) is 9.59 Å². The summed E-state index contributed by atoms with van der Waals surface area (Å²) in [4.78, 5) is 18.6. The van der Waals surface area contributed by atoms with Crippen LogP contribution in [0, 0.1) is 0 Å². The highest BCUT2D eigenvalue weighted by Crippen LogP contribution is 1.90. The van der Waals surface area contributed by atoms with Gasteiger partial charge in [-0.2, -0.15) is 0 Å². The van der Waals surface area contributed by atoms with Crippen molar-refractivity contribution in [2.45, 2.75) is 4.83 Å². The summed E-state index contributed by atoms with van der Waals surface area (Å²) in [6.45, 7) is 0. The SMILES string of the molecule is NC(=O)C(Br)C=O. The van der Waals surface area contributed by atoms with Crippen LogP contribution in [-0.4, -0.2) is 17.0 Å². The molecule has 1 unspecified atom stereocenters. The van der Waals surface area contributed by atoms with Gasteiger partial charge in [-0.25, -0.2) is 0 Å². The second kappa shape index (κ2) is 2.74. The average molecular weight is 166 g/mol. The molecule has 0 spiro atoms. The van der Waals surface area contributed by atoms with Gasteiger partial charge >= 0.3 is 0 Å². The zero-order valence-electron chi connectivity index (χ0n) is 3.43. The Hall–Kier alpha value is -0.380. The molecule has 0 aliphatic heterocycles. The predicted octanol–water partition coefficient (Wildman–Crippen LogP) is -0.566. The van der Waals surface area contributed by atoms with Gasteiger partial charge in [-0.1, -0.05) is 15.9 Å². The summed E-state index contributed by atoms with van der Waals surface area (Å²) in [5.41, 5.74) is 4.63. The number of aldehydes is 1. The van der Waals surface area contributed by atoms with Crippen LogP contribution in [0.3, 0.4) is 0 Å². The van der Waals surface area contributed by atoms with Crippen LogP contribution in [0.1, 0.15) is 0 Å². The van der Waals surface area contributed by atoms with E-state index < -0.39 is 10.7 Å². The minimum atomic E-state index is -0.826. The molecule has 2 N–H and O–H groups in total. The highest BCUT2D eigenvalue weighted by molar-refractivity contribution is 9.10. The molecule has 4 heteroatoms. The highest BCUT2D eigenvalue weighted by Gasteiger charge is 2.05. The molecule has 0 saturated heterocycles. The van der Waals surface area contributed by atoms with Crippen molar-refractivity contribution in [2.24, 2.45) is 5.73 Å². The number of carbonyl (C=O) groups excluding carboxylic acids is 2. The van der Waals surface area contributed by atoms with Crippen molar-refractivity contribution >= 4 is 28.1 Å². The van der Waals surface area contributed by atoms with E-state index in [1.54, 1.807) is 0 Å². The molecule has 0 fully saturated rings. The van der Waals surface area contributed by atoms with Gasteiger partial charge in [0.05, 0.1) is 0 Å². The number of hydrogen-bond donors (Lipinski definition) is 1. The van der Waals surface area contributed by atoms with Crippen molar-refractivity contribution in [3.05, 3.63) is 0 Å². The molecule has 0 aliphatic rings. The Morgan fingerprint density at radius 2 is 2.29 bits per heavy atom. The van der Waals surface area contributed by atoms with Crippen LogP contribution in [0.2, 0.25) is 0 Å². The minimum absolute atomic E-state index is 0.433. The van der Waals surface area contributed by atoms with Crippen molar-refractivity contribution in [3.8, 4) is 0 Å². The zero-order chi connectivity index (χ0) is 5.86. The second-order valence-electron chi connectivity index (χ2n) is 0.940. The van der Waals surface area contributed by atoms with Gasteiger partial charge in [-0.3, -0.25) is 4.79 Å². The van der Waals surface area contributed by atoms with Crippen LogP contribution in [0.5, 0.6) is 0 Å². The van der Waals surface area contributed by atoms with Crippen LogP contribution >= 0.6 is 15.9 Å². The van der Waals surface area contributed by atoms with Crippen LogP contribution in [-0.2, 0) is 9.59 Å². The van der Waals surface area contributed by atoms with Crippen molar-refractivity contribution in [3.63, 3.8) is 0 Å². The number of carbonyl (C=O) groups is 2. The lowest BCUT2D eigenvalue weighted by atomic mass is 10.5. The molecule has 1 atom stereocenters. The molecule has 0 bridgehead atoms. The first-order valence-electron chi connectivity index (χ1n) is 1.57. The van der Waals surface area contributed by atoms with Crippen molar-refractivity contribution in [1.29, 1.82) is 0 Å². The number of hydrogen-bond acceptors (Lipinski definition) is 2. The summed E-state index contributed by atoms with van der Waals surface area (Å²) in [7, 11) is 0. The first kappa shape index (κ1) is 6.62. The van der Waals surface area contributed by atoms with Gasteiger partial charge in [0.15, 0.2) is 0 Å². The van der Waals surface area contributed by atoms with Crippen LogP contribution in [0.15, 0.2) is 0 Å². The topological polar surface area (TPSA) is 60.2 Å². The Labute approximate surface area is 49.0 Å². The smallest absolute Gasteiger partial charge is 0.238 e. The van der Waals surface area contributed by atoms with E-state index in [0.717, 1.165) is 0 Å². The number of nitrogens with two attached hydrogens (primary N) is 1. The Balaban J connectivity index is 3.55. The third-order valence-electron chi connectivity index (χ3n) is 0.391. The maximum atomic E-state index is 9.87. The van der Waals surface area contributed by atoms with E-state index in [1.807, 2.05) is 0 Å². The first-order valence-corrected chi connectivity index (χ1v) is 2.48. The van der Waals surface area contributed by atoms with Crippen molar-refractivity contribution in [2.75, 3.05) is 0 Å². The molecular weight excluding hydrogens is 162 g/mol. The molecule has 0 saturated carbocycles.